The van der Waals surface area contributed by atoms with Gasteiger partial charge in [-0.2, -0.15) is 0 Å². The van der Waals surface area contributed by atoms with Gasteiger partial charge in [-0.25, -0.2) is 4.39 Å². The maximum atomic E-state index is 14.2. The van der Waals surface area contributed by atoms with E-state index in [1.807, 2.05) is 30.3 Å². The van der Waals surface area contributed by atoms with E-state index in [1.165, 1.54) is 12.4 Å². The van der Waals surface area contributed by atoms with Crippen LogP contribution in [0.3, 0.4) is 0 Å². The predicted octanol–water partition coefficient (Wildman–Crippen LogP) is 3.25. The Hall–Kier alpha value is -3.15. The Morgan fingerprint density at radius 2 is 2.00 bits per heavy atom. The minimum Gasteiger partial charge on any atom is -0.356 e. The molecule has 5 nitrogen and oxygen atoms in total. The van der Waals surface area contributed by atoms with E-state index in [4.69, 9.17) is 0 Å². The number of aromatic amines is 1. The van der Waals surface area contributed by atoms with Crippen molar-refractivity contribution in [3.63, 3.8) is 0 Å². The zero-order valence-corrected chi connectivity index (χ0v) is 12.8. The smallest absolute Gasteiger partial charge is 0.255 e. The highest BCUT2D eigenvalue weighted by atomic mass is 19.1. The van der Waals surface area contributed by atoms with Crippen LogP contribution < -0.4 is 10.6 Å². The lowest BCUT2D eigenvalue weighted by Crippen LogP contribution is -2.31. The second-order valence-corrected chi connectivity index (χ2v) is 5.58. The van der Waals surface area contributed by atoms with E-state index in [-0.39, 0.29) is 5.91 Å². The van der Waals surface area contributed by atoms with Gasteiger partial charge in [0.2, 0.25) is 0 Å². The summed E-state index contributed by atoms with van der Waals surface area (Å²) in [6.07, 6.45) is 3.38. The van der Waals surface area contributed by atoms with E-state index >= 15 is 0 Å². The van der Waals surface area contributed by atoms with Gasteiger partial charge in [0.05, 0.1) is 23.1 Å². The van der Waals surface area contributed by atoms with Gasteiger partial charge in [0.1, 0.15) is 0 Å². The fourth-order valence-corrected chi connectivity index (χ4v) is 2.95. The van der Waals surface area contributed by atoms with Gasteiger partial charge in [-0.05, 0) is 18.2 Å². The summed E-state index contributed by atoms with van der Waals surface area (Å²) in [5.74, 6) is -0.598. The number of aromatic nitrogens is 2. The highest BCUT2D eigenvalue weighted by Crippen LogP contribution is 2.37. The second-order valence-electron chi connectivity index (χ2n) is 5.58. The van der Waals surface area contributed by atoms with Gasteiger partial charge in [-0.15, -0.1) is 0 Å². The molecule has 24 heavy (non-hydrogen) atoms. The van der Waals surface area contributed by atoms with E-state index in [0.717, 1.165) is 11.4 Å². The molecule has 6 heteroatoms. The summed E-state index contributed by atoms with van der Waals surface area (Å²) in [7, 11) is 0. The van der Waals surface area contributed by atoms with E-state index in [2.05, 4.69) is 20.6 Å². The van der Waals surface area contributed by atoms with E-state index in [0.29, 0.717) is 35.5 Å². The zero-order chi connectivity index (χ0) is 16.5. The van der Waals surface area contributed by atoms with Gasteiger partial charge in [0, 0.05) is 36.1 Å². The lowest BCUT2D eigenvalue weighted by molar-refractivity contribution is 0.0947. The van der Waals surface area contributed by atoms with Crippen molar-refractivity contribution in [2.75, 3.05) is 11.9 Å². The van der Waals surface area contributed by atoms with Crippen molar-refractivity contribution >= 4 is 17.3 Å². The molecule has 3 N–H and O–H groups in total. The summed E-state index contributed by atoms with van der Waals surface area (Å²) in [4.78, 5) is 19.4. The third-order valence-corrected chi connectivity index (χ3v) is 4.05. The van der Waals surface area contributed by atoms with E-state index in [9.17, 15) is 9.18 Å². The molecule has 0 aliphatic carbocycles. The number of fused-ring (bicyclic) bond motifs is 1. The number of nitrogens with one attached hydrogen (secondary N) is 3. The SMILES string of the molecule is O=C1NCCc2[nH]c(-c3ccncc3F)c(Nc3ccccc3)c21. The number of H-pyrrole nitrogens is 1. The third-order valence-electron chi connectivity index (χ3n) is 4.05. The normalized spacial score (nSPS) is 13.3. The summed E-state index contributed by atoms with van der Waals surface area (Å²) in [6.45, 7) is 0.565. The van der Waals surface area contributed by atoms with Crippen molar-refractivity contribution in [2.45, 2.75) is 6.42 Å². The number of anilines is 2. The number of carbonyl (C=O) groups is 1. The number of amides is 1. The molecule has 0 bridgehead atoms. The number of pyridine rings is 1. The standard InChI is InChI=1S/C18H15FN4O/c19-13-10-20-8-6-12(13)16-17(22-11-4-2-1-3-5-11)15-14(23-16)7-9-21-18(15)24/h1-6,8,10,22-23H,7,9H2,(H,21,24). The minimum absolute atomic E-state index is 0.161. The van der Waals surface area contributed by atoms with Gasteiger partial charge in [0.25, 0.3) is 5.91 Å². The van der Waals surface area contributed by atoms with E-state index < -0.39 is 5.82 Å². The number of para-hydroxylation sites is 1. The zero-order valence-electron chi connectivity index (χ0n) is 12.8. The first kappa shape index (κ1) is 14.4. The van der Waals surface area contributed by atoms with Gasteiger partial charge in [-0.1, -0.05) is 18.2 Å². The van der Waals surface area contributed by atoms with Crippen LogP contribution in [0.2, 0.25) is 0 Å². The van der Waals surface area contributed by atoms with Gasteiger partial charge in [-0.3, -0.25) is 9.78 Å². The maximum absolute atomic E-state index is 14.2. The molecule has 3 heterocycles. The van der Waals surface area contributed by atoms with Crippen molar-refractivity contribution in [3.05, 3.63) is 65.9 Å². The molecule has 0 saturated heterocycles. The topological polar surface area (TPSA) is 69.8 Å². The molecule has 1 aliphatic heterocycles. The van der Waals surface area contributed by atoms with Crippen LogP contribution in [-0.4, -0.2) is 22.4 Å². The van der Waals surface area contributed by atoms with Crippen LogP contribution in [0.25, 0.3) is 11.3 Å². The summed E-state index contributed by atoms with van der Waals surface area (Å²) in [6, 6.07) is 11.1. The highest BCUT2D eigenvalue weighted by molar-refractivity contribution is 6.06. The van der Waals surface area contributed by atoms with Crippen LogP contribution >= 0.6 is 0 Å². The van der Waals surface area contributed by atoms with Crippen molar-refractivity contribution in [1.29, 1.82) is 0 Å². The summed E-state index contributed by atoms with van der Waals surface area (Å²) in [5.41, 5.74) is 3.69. The molecule has 1 aromatic carbocycles. The quantitative estimate of drug-likeness (QED) is 0.693. The molecule has 0 unspecified atom stereocenters. The second kappa shape index (κ2) is 5.81. The first-order valence-electron chi connectivity index (χ1n) is 7.69. The van der Waals surface area contributed by atoms with Crippen LogP contribution in [0, 0.1) is 5.82 Å². The monoisotopic (exact) mass is 322 g/mol. The number of halogens is 1. The number of carbonyl (C=O) groups excluding carboxylic acids is 1. The Morgan fingerprint density at radius 1 is 1.17 bits per heavy atom. The Balaban J connectivity index is 1.90. The molecule has 3 aromatic rings. The molecule has 2 aromatic heterocycles. The first-order chi connectivity index (χ1) is 11.7. The van der Waals surface area contributed by atoms with Crippen LogP contribution in [0.15, 0.2) is 48.8 Å². The van der Waals surface area contributed by atoms with Gasteiger partial charge < -0.3 is 15.6 Å². The van der Waals surface area contributed by atoms with Crippen molar-refractivity contribution in [3.8, 4) is 11.3 Å². The number of hydrogen-bond acceptors (Lipinski definition) is 3. The average molecular weight is 322 g/mol. The maximum Gasteiger partial charge on any atom is 0.255 e. The number of nitrogens with zero attached hydrogens (tertiary/aromatic N) is 1. The summed E-state index contributed by atoms with van der Waals surface area (Å²) in [5, 5.41) is 6.10. The Kier molecular flexibility index (Phi) is 3.49. The molecule has 0 atom stereocenters. The minimum atomic E-state index is -0.437. The van der Waals surface area contributed by atoms with Crippen molar-refractivity contribution < 1.29 is 9.18 Å². The Morgan fingerprint density at radius 3 is 2.79 bits per heavy atom. The number of rotatable bonds is 3. The summed E-state index contributed by atoms with van der Waals surface area (Å²) >= 11 is 0. The molecule has 4 rings (SSSR count). The van der Waals surface area contributed by atoms with Crippen molar-refractivity contribution in [2.24, 2.45) is 0 Å². The molecule has 1 amide bonds. The van der Waals surface area contributed by atoms with Crippen molar-refractivity contribution in [1.82, 2.24) is 15.3 Å². The summed E-state index contributed by atoms with van der Waals surface area (Å²) < 4.78 is 14.2. The fraction of sp³-hybridized carbons (Fsp3) is 0.111. The highest BCUT2D eigenvalue weighted by Gasteiger charge is 2.27. The average Bonchev–Trinajstić information content (AvgIpc) is 2.96. The van der Waals surface area contributed by atoms with Crippen LogP contribution in [0.5, 0.6) is 0 Å². The molecule has 120 valence electrons. The fourth-order valence-electron chi connectivity index (χ4n) is 2.95. The van der Waals surface area contributed by atoms with Crippen LogP contribution in [0.1, 0.15) is 16.1 Å². The lowest BCUT2D eigenvalue weighted by atomic mass is 10.1. The molecule has 0 saturated carbocycles. The largest absolute Gasteiger partial charge is 0.356 e. The lowest BCUT2D eigenvalue weighted by Gasteiger charge is -2.15. The Bertz CT molecular complexity index is 905. The molecule has 0 spiro atoms. The molecular weight excluding hydrogens is 307 g/mol. The number of hydrogen-bond donors (Lipinski definition) is 3. The van der Waals surface area contributed by atoms with Crippen LogP contribution in [0.4, 0.5) is 15.8 Å². The number of benzene rings is 1. The predicted molar refractivity (Wildman–Crippen MR) is 89.7 cm³/mol. The van der Waals surface area contributed by atoms with Gasteiger partial charge >= 0.3 is 0 Å². The molecular formula is C18H15FN4O. The van der Waals surface area contributed by atoms with Gasteiger partial charge in [0.15, 0.2) is 5.82 Å². The molecule has 0 fully saturated rings. The molecule has 1 aliphatic rings. The third kappa shape index (κ3) is 2.42. The van der Waals surface area contributed by atoms with Crippen LogP contribution in [-0.2, 0) is 6.42 Å². The van der Waals surface area contributed by atoms with E-state index in [1.54, 1.807) is 6.07 Å². The Labute approximate surface area is 137 Å². The molecule has 0 radical (unpaired) electrons. The first-order valence-corrected chi connectivity index (χ1v) is 7.69.